The lowest BCUT2D eigenvalue weighted by Gasteiger charge is -2.11. The number of aryl methyl sites for hydroxylation is 5. The van der Waals surface area contributed by atoms with E-state index in [2.05, 4.69) is 20.4 Å². The SMILES string of the molecule is Cc1cc(OCCCc2c(C(=O)Nc3cc(C(=O)O)c(C)c(Cl)n3)[nH]c3c(-c4c(C)nn(C)c4C)c(Cl)ccc23)cc(C)c1Cl. The highest BCUT2D eigenvalue weighted by Gasteiger charge is 2.25. The third-order valence-corrected chi connectivity index (χ3v) is 9.23. The van der Waals surface area contributed by atoms with E-state index in [0.29, 0.717) is 46.3 Å². The summed E-state index contributed by atoms with van der Waals surface area (Å²) in [5.41, 5.74) is 7.20. The Kier molecular flexibility index (Phi) is 9.16. The first-order valence-corrected chi connectivity index (χ1v) is 15.4. The zero-order valence-electron chi connectivity index (χ0n) is 25.7. The molecule has 0 aliphatic carbocycles. The summed E-state index contributed by atoms with van der Waals surface area (Å²) in [5.74, 6) is -0.936. The van der Waals surface area contributed by atoms with Crippen LogP contribution >= 0.6 is 34.8 Å². The number of carbonyl (C=O) groups excluding carboxylic acids is 1. The summed E-state index contributed by atoms with van der Waals surface area (Å²) in [5, 5.41) is 19.0. The van der Waals surface area contributed by atoms with Crippen molar-refractivity contribution >= 4 is 63.4 Å². The van der Waals surface area contributed by atoms with Gasteiger partial charge in [0.15, 0.2) is 0 Å². The van der Waals surface area contributed by atoms with Gasteiger partial charge in [-0.15, -0.1) is 0 Å². The van der Waals surface area contributed by atoms with Crippen molar-refractivity contribution in [2.75, 3.05) is 11.9 Å². The molecule has 5 rings (SSSR count). The number of benzene rings is 2. The van der Waals surface area contributed by atoms with Crippen molar-refractivity contribution in [2.24, 2.45) is 7.05 Å². The molecule has 0 aliphatic heterocycles. The molecular formula is C33H32Cl3N5O4. The van der Waals surface area contributed by atoms with Gasteiger partial charge in [-0.3, -0.25) is 9.48 Å². The summed E-state index contributed by atoms with van der Waals surface area (Å²) in [6, 6.07) is 8.80. The first-order chi connectivity index (χ1) is 21.3. The highest BCUT2D eigenvalue weighted by Crippen LogP contribution is 2.40. The van der Waals surface area contributed by atoms with Gasteiger partial charge in [-0.2, -0.15) is 5.10 Å². The number of hydrogen-bond acceptors (Lipinski definition) is 5. The first-order valence-electron chi connectivity index (χ1n) is 14.2. The molecule has 5 aromatic rings. The van der Waals surface area contributed by atoms with Gasteiger partial charge >= 0.3 is 5.97 Å². The third kappa shape index (κ3) is 6.25. The van der Waals surface area contributed by atoms with Crippen LogP contribution < -0.4 is 10.1 Å². The highest BCUT2D eigenvalue weighted by atomic mass is 35.5. The van der Waals surface area contributed by atoms with Crippen LogP contribution in [0.4, 0.5) is 5.82 Å². The van der Waals surface area contributed by atoms with E-state index in [1.54, 1.807) is 11.6 Å². The van der Waals surface area contributed by atoms with Crippen LogP contribution in [-0.2, 0) is 13.5 Å². The maximum absolute atomic E-state index is 13.8. The van der Waals surface area contributed by atoms with Gasteiger partial charge in [0.05, 0.1) is 28.4 Å². The van der Waals surface area contributed by atoms with Crippen molar-refractivity contribution in [3.63, 3.8) is 0 Å². The second kappa shape index (κ2) is 12.7. The van der Waals surface area contributed by atoms with Crippen molar-refractivity contribution in [1.29, 1.82) is 0 Å². The van der Waals surface area contributed by atoms with E-state index in [0.717, 1.165) is 50.3 Å². The molecule has 1 amide bonds. The molecule has 0 fully saturated rings. The number of nitrogens with one attached hydrogen (secondary N) is 2. The standard InChI is InChI=1S/C33H32Cl3N5O4/c1-15-12-20(13-16(2)28(15)35)45-11-7-8-21-22-9-10-24(34)27(26-18(4)40-41(6)19(26)5)29(22)39-30(21)32(42)38-25-14-23(33(43)44)17(3)31(36)37-25/h9-10,12-14,39H,7-8,11H2,1-6H3,(H,43,44)(H,37,38,42). The maximum Gasteiger partial charge on any atom is 0.336 e. The molecule has 12 heteroatoms. The Balaban J connectivity index is 1.55. The molecule has 0 spiro atoms. The molecule has 0 atom stereocenters. The van der Waals surface area contributed by atoms with E-state index < -0.39 is 11.9 Å². The number of pyridine rings is 1. The molecule has 0 radical (unpaired) electrons. The molecule has 3 N–H and O–H groups in total. The predicted octanol–water partition coefficient (Wildman–Crippen LogP) is 8.43. The van der Waals surface area contributed by atoms with Gasteiger partial charge in [-0.05, 0) is 88.4 Å². The Morgan fingerprint density at radius 1 is 1.02 bits per heavy atom. The average molecular weight is 669 g/mol. The largest absolute Gasteiger partial charge is 0.494 e. The summed E-state index contributed by atoms with van der Waals surface area (Å²) in [4.78, 5) is 33.1. The topological polar surface area (TPSA) is 122 Å². The van der Waals surface area contributed by atoms with E-state index in [-0.39, 0.29) is 16.5 Å². The molecule has 0 bridgehead atoms. The second-order valence-corrected chi connectivity index (χ2v) is 12.2. The van der Waals surface area contributed by atoms with E-state index in [9.17, 15) is 14.7 Å². The summed E-state index contributed by atoms with van der Waals surface area (Å²) in [6.07, 6.45) is 1.08. The number of fused-ring (bicyclic) bond motifs is 1. The normalized spacial score (nSPS) is 11.3. The lowest BCUT2D eigenvalue weighted by molar-refractivity contribution is 0.0695. The zero-order valence-corrected chi connectivity index (χ0v) is 27.9. The number of carboxylic acids is 1. The Morgan fingerprint density at radius 3 is 2.33 bits per heavy atom. The van der Waals surface area contributed by atoms with Crippen LogP contribution in [0, 0.1) is 34.6 Å². The van der Waals surface area contributed by atoms with Gasteiger partial charge in [0.2, 0.25) is 0 Å². The Labute approximate surface area is 275 Å². The van der Waals surface area contributed by atoms with Gasteiger partial charge in [-0.25, -0.2) is 9.78 Å². The fraction of sp³-hybridized carbons (Fsp3) is 0.273. The van der Waals surface area contributed by atoms with Crippen LogP contribution in [0.3, 0.4) is 0 Å². The Morgan fingerprint density at radius 2 is 1.71 bits per heavy atom. The Hall–Kier alpha value is -4.05. The quantitative estimate of drug-likeness (QED) is 0.107. The molecule has 0 saturated heterocycles. The molecule has 2 aromatic carbocycles. The number of aromatic amines is 1. The van der Waals surface area contributed by atoms with Crippen molar-refractivity contribution < 1.29 is 19.4 Å². The monoisotopic (exact) mass is 667 g/mol. The number of ether oxygens (including phenoxy) is 1. The molecule has 3 aromatic heterocycles. The molecule has 3 heterocycles. The third-order valence-electron chi connectivity index (χ3n) is 7.95. The molecule has 0 saturated carbocycles. The van der Waals surface area contributed by atoms with Gasteiger partial charge in [0, 0.05) is 39.8 Å². The Bertz CT molecular complexity index is 1970. The van der Waals surface area contributed by atoms with Gasteiger partial charge in [0.25, 0.3) is 5.91 Å². The molecular weight excluding hydrogens is 637 g/mol. The van der Waals surface area contributed by atoms with E-state index in [1.807, 2.05) is 59.0 Å². The number of carbonyl (C=O) groups is 2. The van der Waals surface area contributed by atoms with Crippen molar-refractivity contribution in [3.8, 4) is 16.9 Å². The molecule has 9 nitrogen and oxygen atoms in total. The highest BCUT2D eigenvalue weighted by molar-refractivity contribution is 6.35. The van der Waals surface area contributed by atoms with Crippen LogP contribution in [0.1, 0.15) is 60.9 Å². The minimum absolute atomic E-state index is 0.0107. The first kappa shape index (κ1) is 32.3. The van der Waals surface area contributed by atoms with Crippen LogP contribution in [0.2, 0.25) is 15.2 Å². The van der Waals surface area contributed by atoms with E-state index in [1.165, 1.54) is 6.07 Å². The predicted molar refractivity (Wildman–Crippen MR) is 179 cm³/mol. The van der Waals surface area contributed by atoms with Crippen molar-refractivity contribution in [2.45, 2.75) is 47.5 Å². The number of rotatable bonds is 9. The van der Waals surface area contributed by atoms with Crippen LogP contribution in [0.5, 0.6) is 5.75 Å². The summed E-state index contributed by atoms with van der Waals surface area (Å²) < 4.78 is 7.85. The fourth-order valence-electron chi connectivity index (χ4n) is 5.60. The van der Waals surface area contributed by atoms with Gasteiger partial charge in [-0.1, -0.05) is 40.9 Å². The summed E-state index contributed by atoms with van der Waals surface area (Å²) >= 11 is 19.3. The number of amides is 1. The number of aromatic nitrogens is 4. The lowest BCUT2D eigenvalue weighted by Crippen LogP contribution is -2.16. The van der Waals surface area contributed by atoms with Crippen LogP contribution in [0.15, 0.2) is 30.3 Å². The fourth-order valence-corrected chi connectivity index (χ4v) is 6.15. The van der Waals surface area contributed by atoms with Gasteiger partial charge < -0.3 is 20.1 Å². The number of halogens is 3. The number of H-pyrrole nitrogens is 1. The lowest BCUT2D eigenvalue weighted by atomic mass is 9.98. The van der Waals surface area contributed by atoms with Gasteiger partial charge in [0.1, 0.15) is 22.4 Å². The smallest absolute Gasteiger partial charge is 0.336 e. The molecule has 234 valence electrons. The molecule has 0 unspecified atom stereocenters. The number of carboxylic acid groups (broad SMARTS) is 1. The number of anilines is 1. The number of nitrogens with zero attached hydrogens (tertiary/aromatic N) is 3. The molecule has 0 aliphatic rings. The minimum atomic E-state index is -1.17. The maximum atomic E-state index is 13.8. The summed E-state index contributed by atoms with van der Waals surface area (Å²) in [6.45, 7) is 9.70. The number of aromatic carboxylic acids is 1. The van der Waals surface area contributed by atoms with E-state index >= 15 is 0 Å². The van der Waals surface area contributed by atoms with Crippen LogP contribution in [-0.4, -0.2) is 43.3 Å². The molecule has 45 heavy (non-hydrogen) atoms. The average Bonchev–Trinajstić information content (AvgIpc) is 3.46. The van der Waals surface area contributed by atoms with E-state index in [4.69, 9.17) is 39.5 Å². The minimum Gasteiger partial charge on any atom is -0.494 e. The van der Waals surface area contributed by atoms with Crippen molar-refractivity contribution in [3.05, 3.63) is 90.4 Å². The second-order valence-electron chi connectivity index (χ2n) is 11.0. The number of hydrogen-bond donors (Lipinski definition) is 3. The zero-order chi connectivity index (χ0) is 32.7. The van der Waals surface area contributed by atoms with Crippen molar-refractivity contribution in [1.82, 2.24) is 19.7 Å². The van der Waals surface area contributed by atoms with Crippen LogP contribution in [0.25, 0.3) is 22.0 Å². The summed E-state index contributed by atoms with van der Waals surface area (Å²) in [7, 11) is 1.87.